The molecule has 0 aromatic heterocycles. The zero-order valence-corrected chi connectivity index (χ0v) is 14.5. The molecule has 0 atom stereocenters. The van der Waals surface area contributed by atoms with Crippen molar-refractivity contribution < 1.29 is 17.6 Å². The Morgan fingerprint density at radius 2 is 1.62 bits per heavy atom. The minimum atomic E-state index is -4.08. The number of anilines is 1. The third-order valence-corrected chi connectivity index (χ3v) is 5.28. The van der Waals surface area contributed by atoms with E-state index >= 15 is 0 Å². The monoisotopic (exact) mass is 350 g/mol. The average molecular weight is 350 g/mol. The van der Waals surface area contributed by atoms with Crippen molar-refractivity contribution in [1.29, 1.82) is 0 Å². The highest BCUT2D eigenvalue weighted by atomic mass is 32.2. The van der Waals surface area contributed by atoms with Crippen LogP contribution >= 0.6 is 0 Å². The van der Waals surface area contributed by atoms with Crippen LogP contribution in [0.15, 0.2) is 53.4 Å². The maximum atomic E-state index is 14.2. The maximum absolute atomic E-state index is 14.2. The first-order valence-electron chi connectivity index (χ1n) is 7.27. The van der Waals surface area contributed by atoms with Crippen LogP contribution in [0.5, 0.6) is 0 Å². The summed E-state index contributed by atoms with van der Waals surface area (Å²) < 4.78 is 40.9. The number of carbonyl (C=O) groups excluding carboxylic acids is 1. The zero-order chi connectivity index (χ0) is 17.9. The molecule has 0 spiro atoms. The fourth-order valence-corrected chi connectivity index (χ4v) is 3.48. The Hall–Kier alpha value is -2.41. The van der Waals surface area contributed by atoms with Gasteiger partial charge in [-0.2, -0.15) is 0 Å². The van der Waals surface area contributed by atoms with Crippen molar-refractivity contribution in [3.63, 3.8) is 0 Å². The Balaban J connectivity index is 2.55. The lowest BCUT2D eigenvalue weighted by Crippen LogP contribution is -2.40. The Kier molecular flexibility index (Phi) is 5.23. The van der Waals surface area contributed by atoms with E-state index in [1.165, 1.54) is 49.3 Å². The second-order valence-electron chi connectivity index (χ2n) is 5.56. The lowest BCUT2D eigenvalue weighted by atomic mass is 10.2. The molecule has 0 heterocycles. The van der Waals surface area contributed by atoms with Crippen LogP contribution in [-0.4, -0.2) is 39.9 Å². The van der Waals surface area contributed by atoms with Crippen molar-refractivity contribution in [3.05, 3.63) is 59.9 Å². The molecule has 2 aromatic carbocycles. The Morgan fingerprint density at radius 3 is 2.17 bits per heavy atom. The number of halogens is 1. The van der Waals surface area contributed by atoms with Gasteiger partial charge in [0, 0.05) is 14.1 Å². The van der Waals surface area contributed by atoms with Gasteiger partial charge in [0.15, 0.2) is 0 Å². The van der Waals surface area contributed by atoms with Crippen LogP contribution in [0.25, 0.3) is 0 Å². The molecular formula is C17H19FN2O3S. The smallest absolute Gasteiger partial charge is 0.264 e. The number of hydrogen-bond acceptors (Lipinski definition) is 3. The summed E-state index contributed by atoms with van der Waals surface area (Å²) in [7, 11) is -1.05. The standard InChI is InChI=1S/C17H19FN2O3S/c1-13-8-10-14(11-9-13)24(22,23)20(12-17(21)19(2)3)16-7-5-4-6-15(16)18/h4-11H,12H2,1-3H3. The normalized spacial score (nSPS) is 11.2. The molecule has 0 radical (unpaired) electrons. The number of likely N-dealkylation sites (N-methyl/N-ethyl adjacent to an activating group) is 1. The summed E-state index contributed by atoms with van der Waals surface area (Å²) in [4.78, 5) is 13.3. The number of para-hydroxylation sites is 1. The van der Waals surface area contributed by atoms with Crippen LogP contribution in [0.2, 0.25) is 0 Å². The summed E-state index contributed by atoms with van der Waals surface area (Å²) in [5.41, 5.74) is 0.740. The van der Waals surface area contributed by atoms with Gasteiger partial charge in [-0.1, -0.05) is 29.8 Å². The fraction of sp³-hybridized carbons (Fsp3) is 0.235. The van der Waals surface area contributed by atoms with Gasteiger partial charge in [-0.25, -0.2) is 12.8 Å². The summed E-state index contributed by atoms with van der Waals surface area (Å²) >= 11 is 0. The van der Waals surface area contributed by atoms with E-state index in [-0.39, 0.29) is 10.6 Å². The predicted octanol–water partition coefficient (Wildman–Crippen LogP) is 2.42. The third-order valence-electron chi connectivity index (χ3n) is 3.51. The molecule has 7 heteroatoms. The van der Waals surface area contributed by atoms with Gasteiger partial charge < -0.3 is 4.90 Å². The first kappa shape index (κ1) is 17.9. The van der Waals surface area contributed by atoms with E-state index in [2.05, 4.69) is 0 Å². The molecule has 0 aliphatic rings. The molecule has 0 aliphatic carbocycles. The van der Waals surface area contributed by atoms with Gasteiger partial charge in [-0.15, -0.1) is 0 Å². The minimum absolute atomic E-state index is 0.00269. The van der Waals surface area contributed by atoms with Crippen molar-refractivity contribution >= 4 is 21.6 Å². The molecule has 24 heavy (non-hydrogen) atoms. The van der Waals surface area contributed by atoms with Gasteiger partial charge in [0.2, 0.25) is 5.91 Å². The Morgan fingerprint density at radius 1 is 1.04 bits per heavy atom. The topological polar surface area (TPSA) is 57.7 Å². The number of benzene rings is 2. The van der Waals surface area contributed by atoms with E-state index in [0.717, 1.165) is 15.9 Å². The summed E-state index contributed by atoms with van der Waals surface area (Å²) in [6, 6.07) is 11.7. The first-order valence-corrected chi connectivity index (χ1v) is 8.71. The number of carbonyl (C=O) groups is 1. The highest BCUT2D eigenvalue weighted by molar-refractivity contribution is 7.92. The van der Waals surface area contributed by atoms with Crippen molar-refractivity contribution in [2.45, 2.75) is 11.8 Å². The molecule has 2 aromatic rings. The number of amides is 1. The van der Waals surface area contributed by atoms with Gasteiger partial charge in [0.05, 0.1) is 10.6 Å². The fourth-order valence-electron chi connectivity index (χ4n) is 2.06. The first-order chi connectivity index (χ1) is 11.2. The molecular weight excluding hydrogens is 331 g/mol. The lowest BCUT2D eigenvalue weighted by Gasteiger charge is -2.25. The average Bonchev–Trinajstić information content (AvgIpc) is 2.53. The zero-order valence-electron chi connectivity index (χ0n) is 13.7. The second-order valence-corrected chi connectivity index (χ2v) is 7.43. The van der Waals surface area contributed by atoms with Crippen LogP contribution in [0, 0.1) is 12.7 Å². The summed E-state index contributed by atoms with van der Waals surface area (Å²) in [5, 5.41) is 0. The molecule has 128 valence electrons. The maximum Gasteiger partial charge on any atom is 0.264 e. The summed E-state index contributed by atoms with van der Waals surface area (Å²) in [6.07, 6.45) is 0. The van der Waals surface area contributed by atoms with Crippen molar-refractivity contribution in [3.8, 4) is 0 Å². The third kappa shape index (κ3) is 3.73. The number of nitrogens with zero attached hydrogens (tertiary/aromatic N) is 2. The van der Waals surface area contributed by atoms with Gasteiger partial charge in [0.1, 0.15) is 12.4 Å². The molecule has 5 nitrogen and oxygen atoms in total. The lowest BCUT2D eigenvalue weighted by molar-refractivity contribution is -0.127. The molecule has 0 saturated carbocycles. The molecule has 2 rings (SSSR count). The van der Waals surface area contributed by atoms with E-state index in [9.17, 15) is 17.6 Å². The van der Waals surface area contributed by atoms with Crippen LogP contribution in [0.4, 0.5) is 10.1 Å². The number of hydrogen-bond donors (Lipinski definition) is 0. The molecule has 0 N–H and O–H groups in total. The minimum Gasteiger partial charge on any atom is -0.347 e. The van der Waals surface area contributed by atoms with Crippen LogP contribution < -0.4 is 4.31 Å². The molecule has 0 saturated heterocycles. The highest BCUT2D eigenvalue weighted by Crippen LogP contribution is 2.26. The number of sulfonamides is 1. The number of rotatable bonds is 5. The van der Waals surface area contributed by atoms with E-state index in [1.807, 2.05) is 6.92 Å². The SMILES string of the molecule is Cc1ccc(S(=O)(=O)N(CC(=O)N(C)C)c2ccccc2F)cc1. The molecule has 0 unspecified atom stereocenters. The molecule has 0 fully saturated rings. The van der Waals surface area contributed by atoms with Crippen molar-refractivity contribution in [2.75, 3.05) is 24.9 Å². The summed E-state index contributed by atoms with van der Waals surface area (Å²) in [6.45, 7) is 1.35. The van der Waals surface area contributed by atoms with Crippen LogP contribution in [0.3, 0.4) is 0 Å². The number of aryl methyl sites for hydroxylation is 1. The van der Waals surface area contributed by atoms with E-state index in [0.29, 0.717) is 0 Å². The van der Waals surface area contributed by atoms with Crippen molar-refractivity contribution in [1.82, 2.24) is 4.90 Å². The molecule has 1 amide bonds. The van der Waals surface area contributed by atoms with Gasteiger partial charge >= 0.3 is 0 Å². The largest absolute Gasteiger partial charge is 0.347 e. The quantitative estimate of drug-likeness (QED) is 0.832. The van der Waals surface area contributed by atoms with E-state index < -0.39 is 28.3 Å². The highest BCUT2D eigenvalue weighted by Gasteiger charge is 2.29. The van der Waals surface area contributed by atoms with Crippen molar-refractivity contribution in [2.24, 2.45) is 0 Å². The van der Waals surface area contributed by atoms with Gasteiger partial charge in [-0.05, 0) is 31.2 Å². The van der Waals surface area contributed by atoms with E-state index in [1.54, 1.807) is 12.1 Å². The second kappa shape index (κ2) is 7.00. The van der Waals surface area contributed by atoms with Gasteiger partial charge in [-0.3, -0.25) is 9.10 Å². The van der Waals surface area contributed by atoms with Gasteiger partial charge in [0.25, 0.3) is 10.0 Å². The Labute approximate surface area is 141 Å². The summed E-state index contributed by atoms with van der Waals surface area (Å²) in [5.74, 6) is -1.16. The predicted molar refractivity (Wildman–Crippen MR) is 90.8 cm³/mol. The molecule has 0 bridgehead atoms. The molecule has 0 aliphatic heterocycles. The van der Waals surface area contributed by atoms with E-state index in [4.69, 9.17) is 0 Å². The van der Waals surface area contributed by atoms with Crippen LogP contribution in [0.1, 0.15) is 5.56 Å². The Bertz CT molecular complexity index is 833. The van der Waals surface area contributed by atoms with Crippen LogP contribution in [-0.2, 0) is 14.8 Å².